The molecular weight excluding hydrogens is 1080 g/mol. The molecule has 10 saturated carbocycles. The summed E-state index contributed by atoms with van der Waals surface area (Å²) >= 11 is 0. The van der Waals surface area contributed by atoms with Gasteiger partial charge in [0, 0.05) is 51.7 Å². The Bertz CT molecular complexity index is 3310. The van der Waals surface area contributed by atoms with Crippen LogP contribution >= 0.6 is 0 Å². The van der Waals surface area contributed by atoms with Crippen LogP contribution < -0.4 is 5.32 Å². The number of aliphatic hydroxyl groups excluding tert-OH is 2. The van der Waals surface area contributed by atoms with Gasteiger partial charge in [0.25, 0.3) is 0 Å². The molecule has 0 radical (unpaired) electrons. The van der Waals surface area contributed by atoms with Crippen molar-refractivity contribution in [2.24, 2.45) is 86.8 Å². The Kier molecular flexibility index (Phi) is 14.0. The maximum Gasteiger partial charge on any atom is 0.331 e. The lowest BCUT2D eigenvalue weighted by Crippen LogP contribution is -2.82. The van der Waals surface area contributed by atoms with Crippen LogP contribution in [0.5, 0.6) is 0 Å². The van der Waals surface area contributed by atoms with Gasteiger partial charge in [0.15, 0.2) is 0 Å². The molecule has 20 atom stereocenters. The van der Waals surface area contributed by atoms with Crippen LogP contribution in [0.4, 0.5) is 0 Å². The van der Waals surface area contributed by atoms with E-state index in [2.05, 4.69) is 78.7 Å². The van der Waals surface area contributed by atoms with Crippen molar-refractivity contribution in [2.75, 3.05) is 7.05 Å². The highest BCUT2D eigenvalue weighted by Gasteiger charge is 2.85. The molecule has 0 unspecified atom stereocenters. The van der Waals surface area contributed by atoms with Crippen LogP contribution in [-0.2, 0) is 45.6 Å². The largest absolute Gasteiger partial charge is 0.454 e. The highest BCUT2D eigenvalue weighted by atomic mass is 16.5. The SMILES string of the molecule is CN[C@H]1Cc2c(cccc2CO)C#C[C@]23CC[C@H](Cc4cccc(c4)C4(CCCCC4)c4cccc(c4)CC[C@H]4CC[C@]5(C4)C[C@]4(C=O)[C@H]6CC[C@]7(C2)[C@H]2C8=CC(=O)O[C@H]8[C@H]1C[C@H]2C[C@]7(O)[C@@]6(O)C[C@H]1C[C@H]([C@@H](C)C2CCCC2)CC[C@@H]([C@H]5O)[C@@]14O)C3. The van der Waals surface area contributed by atoms with Crippen molar-refractivity contribution >= 4 is 12.3 Å². The molecule has 15 aliphatic rings. The molecule has 464 valence electrons. The fraction of sp³-hybridized carbons (Fsp3) is 0.692. The van der Waals surface area contributed by atoms with Crippen LogP contribution in [0.25, 0.3) is 0 Å². The number of hydrogen-bond donors (Lipinski definition) is 6. The zero-order valence-electron chi connectivity index (χ0n) is 52.3. The minimum Gasteiger partial charge on any atom is -0.454 e. The Hall–Kier alpha value is -4.14. The Morgan fingerprint density at radius 3 is 2.31 bits per heavy atom. The molecule has 0 saturated heterocycles. The Morgan fingerprint density at radius 2 is 1.53 bits per heavy atom. The van der Waals surface area contributed by atoms with E-state index in [-0.39, 0.29) is 54.1 Å². The molecule has 0 amide bonds. The number of hydrogen-bond acceptors (Lipinski definition) is 9. The van der Waals surface area contributed by atoms with E-state index in [1.54, 1.807) is 6.08 Å². The molecule has 6 N–H and O–H groups in total. The highest BCUT2D eigenvalue weighted by Crippen LogP contribution is 2.80. The second kappa shape index (κ2) is 20.9. The normalized spacial score (nSPS) is 45.2. The van der Waals surface area contributed by atoms with Crippen LogP contribution in [0.2, 0.25) is 0 Å². The van der Waals surface area contributed by atoms with Crippen LogP contribution in [0.3, 0.4) is 0 Å². The topological polar surface area (TPSA) is 157 Å². The van der Waals surface area contributed by atoms with E-state index < -0.39 is 68.4 Å². The van der Waals surface area contributed by atoms with Gasteiger partial charge in [-0.25, -0.2) is 4.79 Å². The van der Waals surface area contributed by atoms with Crippen LogP contribution in [0, 0.1) is 98.6 Å². The lowest BCUT2D eigenvalue weighted by atomic mass is 9.33. The monoisotopic (exact) mass is 1180 g/mol. The van der Waals surface area contributed by atoms with Crippen LogP contribution in [0.15, 0.2) is 78.4 Å². The van der Waals surface area contributed by atoms with Crippen molar-refractivity contribution < 1.29 is 39.9 Å². The van der Waals surface area contributed by atoms with Crippen LogP contribution in [-0.4, -0.2) is 79.9 Å². The summed E-state index contributed by atoms with van der Waals surface area (Å²) in [5.41, 5.74) is 0.505. The van der Waals surface area contributed by atoms with E-state index in [0.717, 1.165) is 106 Å². The molecule has 3 aromatic carbocycles. The molecule has 1 heterocycles. The number of aliphatic hydroxyl groups is 5. The minimum atomic E-state index is -1.79. The van der Waals surface area contributed by atoms with Crippen molar-refractivity contribution in [1.29, 1.82) is 0 Å². The van der Waals surface area contributed by atoms with Crippen LogP contribution in [0.1, 0.15) is 213 Å². The number of nitrogens with one attached hydrogen (secondary N) is 1. The van der Waals surface area contributed by atoms with Gasteiger partial charge in [-0.15, -0.1) is 0 Å². The second-order valence-corrected chi connectivity index (χ2v) is 32.7. The highest BCUT2D eigenvalue weighted by molar-refractivity contribution is 5.86. The fourth-order valence-corrected chi connectivity index (χ4v) is 25.8. The summed E-state index contributed by atoms with van der Waals surface area (Å²) in [6.07, 6.45) is 26.0. The van der Waals surface area contributed by atoms with Gasteiger partial charge in [0.2, 0.25) is 0 Å². The molecular formula is C78H99NO8. The fourth-order valence-electron chi connectivity index (χ4n) is 25.8. The summed E-state index contributed by atoms with van der Waals surface area (Å²) in [4.78, 5) is 29.9. The first kappa shape index (κ1) is 58.0. The molecule has 1 aliphatic heterocycles. The summed E-state index contributed by atoms with van der Waals surface area (Å²) in [5, 5.41) is 74.0. The predicted molar refractivity (Wildman–Crippen MR) is 336 cm³/mol. The smallest absolute Gasteiger partial charge is 0.331 e. The number of aryl methyl sites for hydroxylation is 1. The van der Waals surface area contributed by atoms with E-state index in [9.17, 15) is 20.1 Å². The van der Waals surface area contributed by atoms with Crippen molar-refractivity contribution in [2.45, 2.75) is 240 Å². The van der Waals surface area contributed by atoms with Gasteiger partial charge in [-0.3, -0.25) is 0 Å². The number of rotatable bonds is 5. The zero-order valence-corrected chi connectivity index (χ0v) is 52.3. The maximum atomic E-state index is 15.6. The maximum absolute atomic E-state index is 15.6. The molecule has 3 aromatic rings. The van der Waals surface area contributed by atoms with E-state index in [0.29, 0.717) is 81.5 Å². The number of ether oxygens (including phenoxy) is 1. The van der Waals surface area contributed by atoms with E-state index in [1.165, 1.54) is 67.2 Å². The van der Waals surface area contributed by atoms with Gasteiger partial charge in [-0.2, -0.15) is 0 Å². The third kappa shape index (κ3) is 8.30. The molecule has 0 aromatic heterocycles. The number of esters is 1. The Balaban J connectivity index is 0.916. The molecule has 9 heteroatoms. The second-order valence-electron chi connectivity index (χ2n) is 32.7. The van der Waals surface area contributed by atoms with E-state index in [4.69, 9.17) is 4.74 Å². The first-order valence-corrected chi connectivity index (χ1v) is 35.4. The summed E-state index contributed by atoms with van der Waals surface area (Å²) in [6, 6.07) is 25.2. The summed E-state index contributed by atoms with van der Waals surface area (Å²) < 4.78 is 6.61. The van der Waals surface area contributed by atoms with Gasteiger partial charge in [0.05, 0.1) is 29.3 Å². The zero-order chi connectivity index (χ0) is 59.5. The van der Waals surface area contributed by atoms with Gasteiger partial charge < -0.3 is 40.4 Å². The number of aldehydes is 1. The third-order valence-electron chi connectivity index (χ3n) is 29.5. The lowest BCUT2D eigenvalue weighted by molar-refractivity contribution is -0.356. The van der Waals surface area contributed by atoms with Gasteiger partial charge >= 0.3 is 5.97 Å². The minimum absolute atomic E-state index is 0.0775. The standard InChI is InChI=1S/C78H99NO8/c1-48(53-13-4-5-14-53)55-21-22-64-70(83)72-31-24-50(41-72)20-19-49-11-8-17-58(34-49)73(27-6-3-7-28-73)59-18-9-12-51(35-59)33-52-23-29-71(40-52)30-25-54-15-10-16-56(44-80)61(54)38-65(79-2)62-37-57-42-77(85)74(45-71,68(57)63-39-67(82)87-69(62)63)32-26-66-75(46-72,47-81)78(64,86)60(36-55)43-76(66,77)84/h8-12,15-18,34-35,39,47-48,50,52-53,55,57,60,62,64-66,68-70,79-80,83-86H,3-7,13-14,19-24,26-29,31-33,36-38,40-46H2,1-2H3/t48-,50-,52+,55+,57-,60+,62-,64-,65-,66+,68+,69-,70+,71-,72-,74-,75-,76+,77+,78-/m0/s1. The number of benzene rings is 3. The predicted octanol–water partition coefficient (Wildman–Crippen LogP) is 12.4. The number of likely N-dealkylation sites (N-methyl/N-ethyl adjacent to an activating group) is 1. The summed E-state index contributed by atoms with van der Waals surface area (Å²) in [5.74, 6) is 7.12. The summed E-state index contributed by atoms with van der Waals surface area (Å²) in [6.45, 7) is 2.32. The Morgan fingerprint density at radius 1 is 0.759 bits per heavy atom. The number of carbonyl (C=O) groups is 2. The molecule has 18 rings (SSSR count). The average Bonchev–Trinajstić information content (AvgIpc) is 1.62. The van der Waals surface area contributed by atoms with Crippen molar-refractivity contribution in [3.8, 4) is 11.8 Å². The molecule has 10 fully saturated rings. The molecule has 14 aliphatic carbocycles. The molecule has 9 nitrogen and oxygen atoms in total. The van der Waals surface area contributed by atoms with Gasteiger partial charge in [-0.1, -0.05) is 124 Å². The average molecular weight is 1180 g/mol. The third-order valence-corrected chi connectivity index (χ3v) is 29.5. The van der Waals surface area contributed by atoms with Crippen molar-refractivity contribution in [1.82, 2.24) is 5.32 Å². The van der Waals surface area contributed by atoms with Gasteiger partial charge in [0.1, 0.15) is 18.0 Å². The number of carbonyl (C=O) groups excluding carboxylic acids is 2. The van der Waals surface area contributed by atoms with E-state index in [1.807, 2.05) is 19.2 Å². The molecule has 87 heavy (non-hydrogen) atoms. The van der Waals surface area contributed by atoms with Gasteiger partial charge in [-0.05, 0) is 246 Å². The summed E-state index contributed by atoms with van der Waals surface area (Å²) in [7, 11) is 1.99. The number of fused-ring (bicyclic) bond motifs is 3. The lowest BCUT2D eigenvalue weighted by Gasteiger charge is -2.74. The molecule has 15 bridgehead atoms. The quantitative estimate of drug-likeness (QED) is 0.0832. The first-order chi connectivity index (χ1) is 42.1. The van der Waals surface area contributed by atoms with E-state index >= 15 is 15.0 Å². The van der Waals surface area contributed by atoms with Crippen molar-refractivity contribution in [3.63, 3.8) is 0 Å². The Labute approximate surface area is 518 Å². The van der Waals surface area contributed by atoms with Crippen molar-refractivity contribution in [3.05, 3.63) is 117 Å². The first-order valence-electron chi connectivity index (χ1n) is 35.4. The molecule has 4 spiro atoms.